The molecule has 0 fully saturated rings. The second kappa shape index (κ2) is 14.8. The highest BCUT2D eigenvalue weighted by Crippen LogP contribution is 2.58. The van der Waals surface area contributed by atoms with Crippen LogP contribution >= 0.6 is 0 Å². The first kappa shape index (κ1) is 42.2. The Kier molecular flexibility index (Phi) is 8.23. The van der Waals surface area contributed by atoms with E-state index in [4.69, 9.17) is 8.83 Å². The van der Waals surface area contributed by atoms with E-state index in [0.29, 0.717) is 0 Å². The van der Waals surface area contributed by atoms with Crippen LogP contribution in [0, 0.1) is 0 Å². The van der Waals surface area contributed by atoms with Crippen molar-refractivity contribution in [2.75, 3.05) is 19.6 Å². The summed E-state index contributed by atoms with van der Waals surface area (Å²) in [4.78, 5) is 10.0. The van der Waals surface area contributed by atoms with Gasteiger partial charge in [0.15, 0.2) is 11.8 Å². The lowest BCUT2D eigenvalue weighted by atomic mass is 9.31. The standard InChI is InChI=1S/C68H48B2N4O2/c1-67(2)45-29-17-19-31-53(45)73-57-37-50-58(38-49(57)69-51-39-59(41-21-9-5-10-22-41)75-65(51)71(43-25-13-7-14-26-43)55-35-33-47(67)63(73)61(55)69)74-54-32-20-18-30-46(54)68(3,4)48-34-36-56-62(64(48)74)70(50)52-40-60(42-23-11-6-12-24-42)76-66(52)72(56)44-27-15-8-16-28-44/h5-40H,1-4H3. The molecule has 8 heterocycles. The monoisotopic (exact) mass is 974 g/mol. The maximum absolute atomic E-state index is 7.28. The zero-order chi connectivity index (χ0) is 50.3. The summed E-state index contributed by atoms with van der Waals surface area (Å²) in [6.45, 7) is 9.29. The number of hydrogen-bond acceptors (Lipinski definition) is 6. The van der Waals surface area contributed by atoms with Gasteiger partial charge in [-0.15, -0.1) is 0 Å². The number of hydrogen-bond donors (Lipinski definition) is 0. The van der Waals surface area contributed by atoms with E-state index in [1.54, 1.807) is 0 Å². The number of benzene rings is 9. The molecule has 0 N–H and O–H groups in total. The fourth-order valence-corrected chi connectivity index (χ4v) is 14.4. The lowest BCUT2D eigenvalue weighted by Gasteiger charge is -2.51. The van der Waals surface area contributed by atoms with Crippen molar-refractivity contribution in [1.82, 2.24) is 0 Å². The molecule has 11 aromatic rings. The molecular formula is C68H48B2N4O2. The van der Waals surface area contributed by atoms with Crippen LogP contribution in [0.5, 0.6) is 0 Å². The minimum Gasteiger partial charge on any atom is -0.440 e. The Labute approximate surface area is 442 Å². The average Bonchev–Trinajstić information content (AvgIpc) is 4.20. The molecule has 6 nitrogen and oxygen atoms in total. The van der Waals surface area contributed by atoms with Gasteiger partial charge in [-0.25, -0.2) is 0 Å². The Bertz CT molecular complexity index is 4000. The Morgan fingerprint density at radius 1 is 0.316 bits per heavy atom. The lowest BCUT2D eigenvalue weighted by molar-refractivity contribution is 0.589. The first-order chi connectivity index (χ1) is 37.3. The van der Waals surface area contributed by atoms with Crippen LogP contribution < -0.4 is 52.4 Å². The van der Waals surface area contributed by atoms with Crippen molar-refractivity contribution >= 4 is 115 Å². The molecule has 0 unspecified atom stereocenters. The van der Waals surface area contributed by atoms with Gasteiger partial charge in [-0.3, -0.25) is 9.80 Å². The molecule has 0 saturated carbocycles. The van der Waals surface area contributed by atoms with Gasteiger partial charge in [-0.1, -0.05) is 173 Å². The summed E-state index contributed by atoms with van der Waals surface area (Å²) >= 11 is 0. The van der Waals surface area contributed by atoms with Gasteiger partial charge in [-0.2, -0.15) is 0 Å². The van der Waals surface area contributed by atoms with Crippen LogP contribution in [0.4, 0.5) is 68.6 Å². The minimum atomic E-state index is -0.296. The van der Waals surface area contributed by atoms with Crippen molar-refractivity contribution in [3.63, 3.8) is 0 Å². The molecule has 0 atom stereocenters. The largest absolute Gasteiger partial charge is 0.440 e. The predicted octanol–water partition coefficient (Wildman–Crippen LogP) is 13.7. The molecule has 0 bridgehead atoms. The Balaban J connectivity index is 1.01. The van der Waals surface area contributed by atoms with E-state index in [9.17, 15) is 0 Å². The predicted molar refractivity (Wildman–Crippen MR) is 314 cm³/mol. The number of furan rings is 2. The number of fused-ring (bicyclic) bond motifs is 14. The molecule has 76 heavy (non-hydrogen) atoms. The summed E-state index contributed by atoms with van der Waals surface area (Å²) in [6.07, 6.45) is 0. The van der Waals surface area contributed by atoms with Crippen LogP contribution in [-0.4, -0.2) is 13.4 Å². The number of anilines is 12. The van der Waals surface area contributed by atoms with Crippen molar-refractivity contribution in [3.05, 3.63) is 241 Å². The fraction of sp³-hybridized carbons (Fsp3) is 0.0882. The van der Waals surface area contributed by atoms with E-state index in [1.807, 2.05) is 0 Å². The molecule has 0 radical (unpaired) electrons. The van der Waals surface area contributed by atoms with E-state index in [-0.39, 0.29) is 24.3 Å². The SMILES string of the molecule is CC1(C)c2ccccc2N2c3cc4c(cc3B3c5cc(-c6ccccc6)oc5N(c5ccccc5)c5ccc1c2c53)N1c2ccccc2C(C)(C)c2ccc3c(c21)B4c1cc(-c2ccccc2)oc1N3c1ccccc1. The zero-order valence-electron chi connectivity index (χ0n) is 42.5. The topological polar surface area (TPSA) is 39.2 Å². The van der Waals surface area contributed by atoms with Gasteiger partial charge in [0.25, 0.3) is 13.4 Å². The lowest BCUT2D eigenvalue weighted by Crippen LogP contribution is -2.65. The Morgan fingerprint density at radius 2 is 0.684 bits per heavy atom. The molecule has 2 aromatic heterocycles. The van der Waals surface area contributed by atoms with E-state index < -0.39 is 0 Å². The highest BCUT2D eigenvalue weighted by molar-refractivity contribution is 7.02. The minimum absolute atomic E-state index is 0.170. The summed E-state index contributed by atoms with van der Waals surface area (Å²) in [5, 5.41) is 0. The van der Waals surface area contributed by atoms with Crippen LogP contribution in [0.2, 0.25) is 0 Å². The van der Waals surface area contributed by atoms with Crippen molar-refractivity contribution < 1.29 is 8.83 Å². The zero-order valence-corrected chi connectivity index (χ0v) is 42.5. The van der Waals surface area contributed by atoms with E-state index >= 15 is 0 Å². The van der Waals surface area contributed by atoms with E-state index in [2.05, 4.69) is 266 Å². The van der Waals surface area contributed by atoms with Crippen LogP contribution in [0.25, 0.3) is 22.6 Å². The van der Waals surface area contributed by atoms with Gasteiger partial charge in [-0.05, 0) is 128 Å². The summed E-state index contributed by atoms with van der Waals surface area (Å²) in [5.74, 6) is 3.40. The highest BCUT2D eigenvalue weighted by atomic mass is 16.4. The van der Waals surface area contributed by atoms with Gasteiger partial charge < -0.3 is 18.6 Å². The first-order valence-electron chi connectivity index (χ1n) is 26.7. The van der Waals surface area contributed by atoms with E-state index in [0.717, 1.165) is 68.1 Å². The number of rotatable bonds is 4. The van der Waals surface area contributed by atoms with Crippen molar-refractivity contribution in [2.24, 2.45) is 0 Å². The van der Waals surface area contributed by atoms with Gasteiger partial charge in [0, 0.05) is 67.5 Å². The van der Waals surface area contributed by atoms with Crippen molar-refractivity contribution in [1.29, 1.82) is 0 Å². The van der Waals surface area contributed by atoms with Gasteiger partial charge >= 0.3 is 0 Å². The molecule has 9 aromatic carbocycles. The summed E-state index contributed by atoms with van der Waals surface area (Å²) in [5.41, 5.74) is 25.8. The molecular weight excluding hydrogens is 926 g/mol. The number of nitrogens with zero attached hydrogens (tertiary/aromatic N) is 4. The smallest absolute Gasteiger partial charge is 0.256 e. The molecule has 17 rings (SSSR count). The van der Waals surface area contributed by atoms with Crippen LogP contribution in [0.15, 0.2) is 227 Å². The molecule has 0 aliphatic carbocycles. The molecule has 8 heteroatoms. The third-order valence-electron chi connectivity index (χ3n) is 17.8. The first-order valence-corrected chi connectivity index (χ1v) is 26.7. The summed E-state index contributed by atoms with van der Waals surface area (Å²) in [7, 11) is 0. The highest BCUT2D eigenvalue weighted by Gasteiger charge is 2.54. The van der Waals surface area contributed by atoms with Crippen LogP contribution in [-0.2, 0) is 10.8 Å². The summed E-state index contributed by atoms with van der Waals surface area (Å²) in [6, 6.07) is 80.4. The molecule has 358 valence electrons. The summed E-state index contributed by atoms with van der Waals surface area (Å²) < 4.78 is 14.6. The quantitative estimate of drug-likeness (QED) is 0.164. The van der Waals surface area contributed by atoms with E-state index in [1.165, 1.54) is 78.2 Å². The Morgan fingerprint density at radius 3 is 1.09 bits per heavy atom. The maximum Gasteiger partial charge on any atom is 0.256 e. The maximum atomic E-state index is 7.28. The Hall–Kier alpha value is -9.13. The molecule has 0 saturated heterocycles. The normalized spacial score (nSPS) is 15.7. The fourth-order valence-electron chi connectivity index (χ4n) is 14.4. The van der Waals surface area contributed by atoms with Gasteiger partial charge in [0.2, 0.25) is 0 Å². The molecule has 0 spiro atoms. The van der Waals surface area contributed by atoms with Crippen LogP contribution in [0.3, 0.4) is 0 Å². The molecule has 0 amide bonds. The molecule has 6 aliphatic heterocycles. The average molecular weight is 975 g/mol. The van der Waals surface area contributed by atoms with Crippen molar-refractivity contribution in [3.8, 4) is 22.6 Å². The number of para-hydroxylation sites is 4. The third-order valence-corrected chi connectivity index (χ3v) is 17.8. The van der Waals surface area contributed by atoms with Crippen molar-refractivity contribution in [2.45, 2.75) is 38.5 Å². The third kappa shape index (κ3) is 5.33. The second-order valence-corrected chi connectivity index (χ2v) is 22.4. The van der Waals surface area contributed by atoms with Gasteiger partial charge in [0.1, 0.15) is 11.5 Å². The second-order valence-electron chi connectivity index (χ2n) is 22.4. The van der Waals surface area contributed by atoms with Crippen LogP contribution in [0.1, 0.15) is 49.9 Å². The molecule has 6 aliphatic rings. The van der Waals surface area contributed by atoms with Gasteiger partial charge in [0.05, 0.1) is 11.4 Å².